The minimum absolute atomic E-state index is 0.663. The Morgan fingerprint density at radius 3 is 2.79 bits per heavy atom. The van der Waals surface area contributed by atoms with Crippen LogP contribution in [0.2, 0.25) is 5.02 Å². The van der Waals surface area contributed by atoms with E-state index in [2.05, 4.69) is 10.3 Å². The molecule has 0 radical (unpaired) electrons. The Morgan fingerprint density at radius 1 is 1.21 bits per heavy atom. The van der Waals surface area contributed by atoms with Crippen LogP contribution in [0, 0.1) is 6.92 Å². The maximum absolute atomic E-state index is 6.13. The molecule has 0 aliphatic carbocycles. The molecular weight excluding hydrogens is 278 g/mol. The first-order valence-corrected chi connectivity index (χ1v) is 7.01. The van der Waals surface area contributed by atoms with Gasteiger partial charge >= 0.3 is 0 Å². The fourth-order valence-corrected chi connectivity index (χ4v) is 2.96. The van der Waals surface area contributed by atoms with Gasteiger partial charge in [0.05, 0.1) is 37.3 Å². The maximum Gasteiger partial charge on any atom is 0.0907 e. The van der Waals surface area contributed by atoms with Crippen molar-refractivity contribution in [2.75, 3.05) is 11.1 Å². The molecule has 0 unspecified atom stereocenters. The fraction of sp³-hybridized carbons (Fsp3) is 0.0714. The second-order valence-corrected chi connectivity index (χ2v) is 5.89. The number of nitrogens with one attached hydrogen (secondary N) is 1. The van der Waals surface area contributed by atoms with Crippen molar-refractivity contribution in [1.29, 1.82) is 0 Å². The highest BCUT2D eigenvalue weighted by atomic mass is 35.5. The first kappa shape index (κ1) is 12.3. The zero-order valence-corrected chi connectivity index (χ0v) is 11.8. The van der Waals surface area contributed by atoms with E-state index in [0.717, 1.165) is 26.6 Å². The van der Waals surface area contributed by atoms with E-state index >= 15 is 0 Å². The number of nitrogens with two attached hydrogens (primary N) is 1. The summed E-state index contributed by atoms with van der Waals surface area (Å²) in [5.41, 5.74) is 9.37. The molecule has 0 saturated carbocycles. The normalized spacial score (nSPS) is 10.8. The number of benzene rings is 2. The van der Waals surface area contributed by atoms with Crippen LogP contribution >= 0.6 is 22.9 Å². The number of anilines is 3. The molecule has 0 fully saturated rings. The zero-order valence-electron chi connectivity index (χ0n) is 10.3. The Balaban J connectivity index is 2.05. The summed E-state index contributed by atoms with van der Waals surface area (Å²) in [5, 5.41) is 4.94. The van der Waals surface area contributed by atoms with Crippen molar-refractivity contribution in [2.45, 2.75) is 6.92 Å². The molecule has 3 aromatic rings. The minimum Gasteiger partial charge on any atom is -0.397 e. The van der Waals surface area contributed by atoms with E-state index in [9.17, 15) is 0 Å². The predicted octanol–water partition coefficient (Wildman–Crippen LogP) is 4.58. The molecule has 1 heterocycles. The summed E-state index contributed by atoms with van der Waals surface area (Å²) in [6, 6.07) is 11.5. The molecular formula is C14H12ClN3S. The number of fused-ring (bicyclic) bond motifs is 1. The highest BCUT2D eigenvalue weighted by Crippen LogP contribution is 2.33. The second kappa shape index (κ2) is 4.72. The van der Waals surface area contributed by atoms with Crippen molar-refractivity contribution < 1.29 is 0 Å². The van der Waals surface area contributed by atoms with Crippen molar-refractivity contribution in [3.63, 3.8) is 0 Å². The summed E-state index contributed by atoms with van der Waals surface area (Å²) in [6.45, 7) is 1.99. The predicted molar refractivity (Wildman–Crippen MR) is 83.5 cm³/mol. The smallest absolute Gasteiger partial charge is 0.0907 e. The fourth-order valence-electron chi connectivity index (χ4n) is 1.92. The Labute approximate surface area is 120 Å². The van der Waals surface area contributed by atoms with Crippen LogP contribution in [0.3, 0.4) is 0 Å². The summed E-state index contributed by atoms with van der Waals surface area (Å²) < 4.78 is 1.10. The zero-order chi connectivity index (χ0) is 13.4. The van der Waals surface area contributed by atoms with E-state index in [1.807, 2.05) is 43.3 Å². The van der Waals surface area contributed by atoms with Gasteiger partial charge in [-0.15, -0.1) is 11.3 Å². The number of nitrogen functional groups attached to an aromatic ring is 1. The van der Waals surface area contributed by atoms with Crippen molar-refractivity contribution in [3.8, 4) is 0 Å². The van der Waals surface area contributed by atoms with Crippen LogP contribution in [0.4, 0.5) is 17.1 Å². The number of aromatic nitrogens is 1. The molecule has 3 nitrogen and oxygen atoms in total. The van der Waals surface area contributed by atoms with E-state index in [1.165, 1.54) is 0 Å². The van der Waals surface area contributed by atoms with Gasteiger partial charge in [-0.1, -0.05) is 23.7 Å². The monoisotopic (exact) mass is 289 g/mol. The molecule has 1 aromatic heterocycles. The number of aryl methyl sites for hydroxylation is 1. The third kappa shape index (κ3) is 2.37. The quantitative estimate of drug-likeness (QED) is 0.679. The second-order valence-electron chi connectivity index (χ2n) is 4.24. The molecule has 0 amide bonds. The van der Waals surface area contributed by atoms with Gasteiger partial charge in [-0.25, -0.2) is 4.98 Å². The van der Waals surface area contributed by atoms with Crippen molar-refractivity contribution >= 4 is 50.2 Å². The summed E-state index contributed by atoms with van der Waals surface area (Å²) >= 11 is 7.77. The average Bonchev–Trinajstić information content (AvgIpc) is 2.71. The highest BCUT2D eigenvalue weighted by Gasteiger charge is 2.07. The summed E-state index contributed by atoms with van der Waals surface area (Å²) in [7, 11) is 0. The molecule has 3 rings (SSSR count). The summed E-state index contributed by atoms with van der Waals surface area (Å²) in [4.78, 5) is 4.47. The molecule has 5 heteroatoms. The maximum atomic E-state index is 6.13. The number of nitrogens with zero attached hydrogens (tertiary/aromatic N) is 1. The third-order valence-electron chi connectivity index (χ3n) is 2.81. The molecule has 0 aliphatic heterocycles. The van der Waals surface area contributed by atoms with Crippen LogP contribution in [0.25, 0.3) is 10.2 Å². The highest BCUT2D eigenvalue weighted by molar-refractivity contribution is 7.18. The first-order chi connectivity index (χ1) is 9.13. The Kier molecular flexibility index (Phi) is 3.05. The van der Waals surface area contributed by atoms with Gasteiger partial charge < -0.3 is 11.1 Å². The van der Waals surface area contributed by atoms with Crippen molar-refractivity contribution in [1.82, 2.24) is 4.98 Å². The third-order valence-corrected chi connectivity index (χ3v) is 4.07. The van der Waals surface area contributed by atoms with E-state index in [1.54, 1.807) is 11.3 Å². The molecule has 0 bridgehead atoms. The van der Waals surface area contributed by atoms with Gasteiger partial charge in [0.2, 0.25) is 0 Å². The number of hydrogen-bond acceptors (Lipinski definition) is 4. The van der Waals surface area contributed by atoms with Crippen molar-refractivity contribution in [2.24, 2.45) is 0 Å². The van der Waals surface area contributed by atoms with Gasteiger partial charge in [0, 0.05) is 0 Å². The van der Waals surface area contributed by atoms with Gasteiger partial charge in [0.1, 0.15) is 0 Å². The lowest BCUT2D eigenvalue weighted by Crippen LogP contribution is -1.96. The lowest BCUT2D eigenvalue weighted by atomic mass is 10.2. The van der Waals surface area contributed by atoms with Crippen LogP contribution < -0.4 is 11.1 Å². The molecule has 0 aliphatic rings. The molecule has 96 valence electrons. The SMILES string of the molecule is Cc1nc2cc(Nc3ccccc3Cl)c(N)cc2s1. The first-order valence-electron chi connectivity index (χ1n) is 5.82. The number of thiazole rings is 1. The van der Waals surface area contributed by atoms with Gasteiger partial charge in [-0.05, 0) is 31.2 Å². The topological polar surface area (TPSA) is 50.9 Å². The van der Waals surface area contributed by atoms with Gasteiger partial charge in [-0.2, -0.15) is 0 Å². The van der Waals surface area contributed by atoms with Crippen molar-refractivity contribution in [3.05, 3.63) is 46.4 Å². The van der Waals surface area contributed by atoms with Crippen LogP contribution in [-0.2, 0) is 0 Å². The van der Waals surface area contributed by atoms with Crippen LogP contribution in [-0.4, -0.2) is 4.98 Å². The summed E-state index contributed by atoms with van der Waals surface area (Å²) in [6.07, 6.45) is 0. The Hall–Kier alpha value is -1.78. The largest absolute Gasteiger partial charge is 0.397 e. The molecule has 0 spiro atoms. The van der Waals surface area contributed by atoms with Crippen LogP contribution in [0.1, 0.15) is 5.01 Å². The number of para-hydroxylation sites is 1. The average molecular weight is 290 g/mol. The van der Waals surface area contributed by atoms with E-state index in [0.29, 0.717) is 10.7 Å². The standard InChI is InChI=1S/C14H12ClN3S/c1-8-17-13-7-12(10(16)6-14(13)19-8)18-11-5-3-2-4-9(11)15/h2-7,18H,16H2,1H3. The number of rotatable bonds is 2. The Bertz CT molecular complexity index is 752. The Morgan fingerprint density at radius 2 is 2.00 bits per heavy atom. The van der Waals surface area contributed by atoms with Gasteiger partial charge in [0.15, 0.2) is 0 Å². The lowest BCUT2D eigenvalue weighted by molar-refractivity contribution is 1.35. The number of halogens is 1. The minimum atomic E-state index is 0.663. The lowest BCUT2D eigenvalue weighted by Gasteiger charge is -2.10. The van der Waals surface area contributed by atoms with Crippen LogP contribution in [0.5, 0.6) is 0 Å². The van der Waals surface area contributed by atoms with Gasteiger partial charge in [0.25, 0.3) is 0 Å². The van der Waals surface area contributed by atoms with Crippen LogP contribution in [0.15, 0.2) is 36.4 Å². The molecule has 0 saturated heterocycles. The van der Waals surface area contributed by atoms with E-state index in [4.69, 9.17) is 17.3 Å². The molecule has 0 atom stereocenters. The molecule has 3 N–H and O–H groups in total. The van der Waals surface area contributed by atoms with Gasteiger partial charge in [-0.3, -0.25) is 0 Å². The number of hydrogen-bond donors (Lipinski definition) is 2. The summed E-state index contributed by atoms with van der Waals surface area (Å²) in [5.74, 6) is 0. The van der Waals surface area contributed by atoms with E-state index < -0.39 is 0 Å². The van der Waals surface area contributed by atoms with E-state index in [-0.39, 0.29) is 0 Å². The molecule has 19 heavy (non-hydrogen) atoms. The molecule has 2 aromatic carbocycles.